The molecule has 1 N–H and O–H groups in total. The summed E-state index contributed by atoms with van der Waals surface area (Å²) in [6.45, 7) is 4.00. The molecule has 1 saturated carbocycles. The predicted molar refractivity (Wildman–Crippen MR) is 69.3 cm³/mol. The Morgan fingerprint density at radius 3 is 2.12 bits per heavy atom. The van der Waals surface area contributed by atoms with E-state index in [1.54, 1.807) is 0 Å². The third-order valence-corrected chi connectivity index (χ3v) is 3.24. The van der Waals surface area contributed by atoms with Crippen LogP contribution in [0.1, 0.15) is 57.6 Å². The molecule has 0 amide bonds. The van der Waals surface area contributed by atoms with E-state index in [1.807, 2.05) is 44.2 Å². The first-order valence-corrected chi connectivity index (χ1v) is 6.61. The maximum absolute atomic E-state index is 10.1. The van der Waals surface area contributed by atoms with Crippen molar-refractivity contribution < 1.29 is 5.11 Å². The van der Waals surface area contributed by atoms with Crippen molar-refractivity contribution in [3.63, 3.8) is 0 Å². The van der Waals surface area contributed by atoms with E-state index in [9.17, 15) is 5.11 Å². The maximum Gasteiger partial charge on any atom is 0.0818 e. The highest BCUT2D eigenvalue weighted by molar-refractivity contribution is 5.18. The Hall–Kier alpha value is -0.820. The number of aliphatic hydroxyl groups excluding tert-OH is 1. The molecule has 0 aromatic heterocycles. The molecule has 0 radical (unpaired) electrons. The Bertz CT molecular complexity index is 262. The molecule has 1 aliphatic rings. The van der Waals surface area contributed by atoms with Gasteiger partial charge < -0.3 is 5.11 Å². The van der Waals surface area contributed by atoms with Gasteiger partial charge in [0.1, 0.15) is 0 Å². The van der Waals surface area contributed by atoms with Gasteiger partial charge in [-0.2, -0.15) is 0 Å². The second-order valence-corrected chi connectivity index (χ2v) is 4.25. The Morgan fingerprint density at radius 2 is 1.56 bits per heavy atom. The van der Waals surface area contributed by atoms with Crippen LogP contribution in [0.4, 0.5) is 0 Å². The predicted octanol–water partition coefficient (Wildman–Crippen LogP) is 4.33. The molecule has 0 saturated heterocycles. The second-order valence-electron chi connectivity index (χ2n) is 4.25. The van der Waals surface area contributed by atoms with Crippen LogP contribution in [-0.4, -0.2) is 5.11 Å². The molecule has 2 rings (SSSR count). The lowest BCUT2D eigenvalue weighted by molar-refractivity contribution is 0.0848. The van der Waals surface area contributed by atoms with Gasteiger partial charge in [-0.15, -0.1) is 0 Å². The van der Waals surface area contributed by atoms with Crippen LogP contribution in [0, 0.1) is 5.92 Å². The summed E-state index contributed by atoms with van der Waals surface area (Å²) in [6, 6.07) is 10.1. The monoisotopic (exact) mass is 220 g/mol. The summed E-state index contributed by atoms with van der Waals surface area (Å²) in [6.07, 6.45) is 6.06. The Kier molecular flexibility index (Phi) is 6.17. The number of benzene rings is 1. The van der Waals surface area contributed by atoms with E-state index in [4.69, 9.17) is 0 Å². The molecule has 1 aliphatic carbocycles. The fraction of sp³-hybridized carbons (Fsp3) is 0.600. The highest BCUT2D eigenvalue weighted by atomic mass is 16.3. The fourth-order valence-electron chi connectivity index (χ4n) is 2.37. The van der Waals surface area contributed by atoms with Crippen molar-refractivity contribution in [3.8, 4) is 0 Å². The van der Waals surface area contributed by atoms with Gasteiger partial charge in [0.2, 0.25) is 0 Å². The summed E-state index contributed by atoms with van der Waals surface area (Å²) >= 11 is 0. The van der Waals surface area contributed by atoms with Gasteiger partial charge in [0.25, 0.3) is 0 Å². The van der Waals surface area contributed by atoms with E-state index in [1.165, 1.54) is 32.1 Å². The van der Waals surface area contributed by atoms with Gasteiger partial charge in [-0.3, -0.25) is 0 Å². The quantitative estimate of drug-likeness (QED) is 0.786. The molecular weight excluding hydrogens is 196 g/mol. The molecular formula is C15H24O. The summed E-state index contributed by atoms with van der Waals surface area (Å²) < 4.78 is 0. The van der Waals surface area contributed by atoms with Crippen LogP contribution in [-0.2, 0) is 0 Å². The summed E-state index contributed by atoms with van der Waals surface area (Å²) in [5.74, 6) is 0.492. The largest absolute Gasteiger partial charge is 0.388 e. The number of aliphatic hydroxyl groups is 1. The summed E-state index contributed by atoms with van der Waals surface area (Å²) in [7, 11) is 0. The average molecular weight is 220 g/mol. The lowest BCUT2D eigenvalue weighted by Gasteiger charge is -2.26. The van der Waals surface area contributed by atoms with Crippen molar-refractivity contribution in [3.05, 3.63) is 35.9 Å². The van der Waals surface area contributed by atoms with Crippen molar-refractivity contribution in [1.82, 2.24) is 0 Å². The normalized spacial score (nSPS) is 18.4. The van der Waals surface area contributed by atoms with Crippen LogP contribution in [0.5, 0.6) is 0 Å². The minimum absolute atomic E-state index is 0.239. The zero-order valence-electron chi connectivity index (χ0n) is 10.5. The molecule has 1 fully saturated rings. The third-order valence-electron chi connectivity index (χ3n) is 3.24. The highest BCUT2D eigenvalue weighted by Gasteiger charge is 2.22. The first-order chi connectivity index (χ1) is 7.88. The summed E-state index contributed by atoms with van der Waals surface area (Å²) in [5.41, 5.74) is 1.08. The molecule has 0 heterocycles. The molecule has 1 nitrogen and oxygen atoms in total. The minimum Gasteiger partial charge on any atom is -0.388 e. The molecule has 90 valence electrons. The minimum atomic E-state index is -0.239. The zero-order valence-corrected chi connectivity index (χ0v) is 10.5. The van der Waals surface area contributed by atoms with Crippen LogP contribution >= 0.6 is 0 Å². The Labute approximate surface area is 99.5 Å². The van der Waals surface area contributed by atoms with Gasteiger partial charge in [0, 0.05) is 0 Å². The van der Waals surface area contributed by atoms with Crippen molar-refractivity contribution in [2.24, 2.45) is 5.92 Å². The number of hydrogen-bond donors (Lipinski definition) is 1. The highest BCUT2D eigenvalue weighted by Crippen LogP contribution is 2.33. The first kappa shape index (κ1) is 13.2. The van der Waals surface area contributed by atoms with E-state index in [0.29, 0.717) is 5.92 Å². The smallest absolute Gasteiger partial charge is 0.0818 e. The van der Waals surface area contributed by atoms with Crippen LogP contribution in [0.25, 0.3) is 0 Å². The molecule has 1 aromatic rings. The molecule has 1 aromatic carbocycles. The number of hydrogen-bond acceptors (Lipinski definition) is 1. The molecule has 0 spiro atoms. The van der Waals surface area contributed by atoms with Gasteiger partial charge in [0.15, 0.2) is 0 Å². The van der Waals surface area contributed by atoms with Crippen LogP contribution in [0.3, 0.4) is 0 Å². The zero-order chi connectivity index (χ0) is 11.8. The molecule has 0 aliphatic heterocycles. The van der Waals surface area contributed by atoms with Gasteiger partial charge >= 0.3 is 0 Å². The van der Waals surface area contributed by atoms with Crippen LogP contribution < -0.4 is 0 Å². The van der Waals surface area contributed by atoms with Crippen molar-refractivity contribution in [2.45, 2.75) is 52.1 Å². The van der Waals surface area contributed by atoms with Crippen molar-refractivity contribution in [2.75, 3.05) is 0 Å². The maximum atomic E-state index is 10.1. The molecule has 1 atom stereocenters. The second kappa shape index (κ2) is 7.45. The summed E-state index contributed by atoms with van der Waals surface area (Å²) in [4.78, 5) is 0. The standard InChI is InChI=1S/C13H18O.C2H6/c14-13(11-7-3-1-4-8-11)12-9-5-2-6-10-12;1-2/h1,3-4,7-8,12-14H,2,5-6,9-10H2;1-2H3. The Balaban J connectivity index is 0.000000606. The lowest BCUT2D eigenvalue weighted by Crippen LogP contribution is -2.15. The molecule has 0 bridgehead atoms. The topological polar surface area (TPSA) is 20.2 Å². The Morgan fingerprint density at radius 1 is 1.00 bits per heavy atom. The molecule has 1 heteroatoms. The van der Waals surface area contributed by atoms with E-state index in [-0.39, 0.29) is 6.10 Å². The van der Waals surface area contributed by atoms with E-state index in [2.05, 4.69) is 0 Å². The average Bonchev–Trinajstić information content (AvgIpc) is 2.42. The van der Waals surface area contributed by atoms with Crippen molar-refractivity contribution in [1.29, 1.82) is 0 Å². The van der Waals surface area contributed by atoms with E-state index >= 15 is 0 Å². The summed E-state index contributed by atoms with van der Waals surface area (Å²) in [5, 5.41) is 10.1. The molecule has 16 heavy (non-hydrogen) atoms. The van der Waals surface area contributed by atoms with E-state index < -0.39 is 0 Å². The SMILES string of the molecule is CC.OC(c1ccccc1)C1CCCCC1. The first-order valence-electron chi connectivity index (χ1n) is 6.61. The third kappa shape index (κ3) is 3.64. The number of rotatable bonds is 2. The van der Waals surface area contributed by atoms with Gasteiger partial charge in [-0.1, -0.05) is 63.4 Å². The van der Waals surface area contributed by atoms with Crippen LogP contribution in [0.2, 0.25) is 0 Å². The lowest BCUT2D eigenvalue weighted by atomic mass is 9.83. The van der Waals surface area contributed by atoms with Crippen LogP contribution in [0.15, 0.2) is 30.3 Å². The van der Waals surface area contributed by atoms with Gasteiger partial charge in [-0.05, 0) is 24.3 Å². The van der Waals surface area contributed by atoms with Gasteiger partial charge in [-0.25, -0.2) is 0 Å². The molecule has 1 unspecified atom stereocenters. The van der Waals surface area contributed by atoms with Gasteiger partial charge in [0.05, 0.1) is 6.10 Å². The van der Waals surface area contributed by atoms with Crippen molar-refractivity contribution >= 4 is 0 Å². The van der Waals surface area contributed by atoms with E-state index in [0.717, 1.165) is 5.56 Å². The fourth-order valence-corrected chi connectivity index (χ4v) is 2.37.